The third-order valence-corrected chi connectivity index (χ3v) is 2.89. The van der Waals surface area contributed by atoms with E-state index < -0.39 is 0 Å². The van der Waals surface area contributed by atoms with Crippen LogP contribution in [0, 0.1) is 0 Å². The minimum Gasteiger partial charge on any atom is -0.287 e. The van der Waals surface area contributed by atoms with Crippen molar-refractivity contribution in [2.75, 3.05) is 0 Å². The molecule has 2 aromatic rings. The van der Waals surface area contributed by atoms with Crippen molar-refractivity contribution in [3.63, 3.8) is 0 Å². The quantitative estimate of drug-likeness (QED) is 0.589. The minimum absolute atomic E-state index is 0.345. The molecule has 0 atom stereocenters. The molecule has 0 radical (unpaired) electrons. The Balaban J connectivity index is 2.04. The molecule has 0 unspecified atom stereocenters. The summed E-state index contributed by atoms with van der Waals surface area (Å²) in [6.45, 7) is 1.92. The first kappa shape index (κ1) is 14.1. The van der Waals surface area contributed by atoms with Gasteiger partial charge in [-0.3, -0.25) is 9.78 Å². The van der Waals surface area contributed by atoms with E-state index in [4.69, 9.17) is 9.78 Å². The Labute approximate surface area is 119 Å². The van der Waals surface area contributed by atoms with Gasteiger partial charge in [0.1, 0.15) is 0 Å². The monoisotopic (exact) mass is 270 g/mol. The Morgan fingerprint density at radius 2 is 1.70 bits per heavy atom. The van der Waals surface area contributed by atoms with Gasteiger partial charge in [0, 0.05) is 18.4 Å². The van der Waals surface area contributed by atoms with E-state index in [1.54, 1.807) is 6.07 Å². The molecule has 0 aliphatic rings. The summed E-state index contributed by atoms with van der Waals surface area (Å²) >= 11 is 0. The van der Waals surface area contributed by atoms with Crippen LogP contribution in [0.5, 0.6) is 5.75 Å². The zero-order chi connectivity index (χ0) is 14.2. The normalized spacial score (nSPS) is 10.1. The predicted octanol–water partition coefficient (Wildman–Crippen LogP) is 3.91. The van der Waals surface area contributed by atoms with Crippen molar-refractivity contribution >= 4 is 5.97 Å². The third kappa shape index (κ3) is 4.12. The molecule has 3 nitrogen and oxygen atoms in total. The van der Waals surface area contributed by atoms with Crippen LogP contribution in [0.2, 0.25) is 0 Å². The number of carbonyl (C=O) groups is 1. The highest BCUT2D eigenvalue weighted by molar-refractivity contribution is 5.68. The first-order valence-corrected chi connectivity index (χ1v) is 6.78. The topological polar surface area (TPSA) is 35.5 Å². The van der Waals surface area contributed by atoms with Gasteiger partial charge in [-0.2, -0.15) is 0 Å². The van der Waals surface area contributed by atoms with E-state index in [0.717, 1.165) is 18.4 Å². The zero-order valence-corrected chi connectivity index (χ0v) is 11.5. The summed E-state index contributed by atoms with van der Waals surface area (Å²) < 4.78 is 0. The molecule has 104 valence electrons. The van der Waals surface area contributed by atoms with E-state index in [1.807, 2.05) is 43.3 Å². The van der Waals surface area contributed by atoms with Crippen LogP contribution in [-0.4, -0.2) is 5.97 Å². The molecular formula is C17H18O3. The largest absolute Gasteiger partial charge is 0.355 e. The van der Waals surface area contributed by atoms with Gasteiger partial charge in [-0.15, -0.1) is 0 Å². The van der Waals surface area contributed by atoms with Crippen LogP contribution in [-0.2, 0) is 16.1 Å². The van der Waals surface area contributed by atoms with Gasteiger partial charge in [0.15, 0.2) is 5.75 Å². The van der Waals surface area contributed by atoms with E-state index in [0.29, 0.717) is 12.2 Å². The van der Waals surface area contributed by atoms with Crippen molar-refractivity contribution in [2.24, 2.45) is 0 Å². The molecule has 0 N–H and O–H groups in total. The van der Waals surface area contributed by atoms with Crippen LogP contribution in [0.1, 0.15) is 30.9 Å². The smallest absolute Gasteiger partial charge is 0.287 e. The predicted molar refractivity (Wildman–Crippen MR) is 77.3 cm³/mol. The molecule has 0 aliphatic carbocycles. The highest BCUT2D eigenvalue weighted by atomic mass is 17.2. The molecule has 20 heavy (non-hydrogen) atoms. The van der Waals surface area contributed by atoms with Gasteiger partial charge in [0.2, 0.25) is 0 Å². The summed E-state index contributed by atoms with van der Waals surface area (Å²) in [6, 6.07) is 17.7. The summed E-state index contributed by atoms with van der Waals surface area (Å²) in [6.07, 6.45) is 1.84. The number of benzene rings is 2. The molecule has 0 saturated carbocycles. The van der Waals surface area contributed by atoms with E-state index in [2.05, 4.69) is 12.1 Å². The van der Waals surface area contributed by atoms with Crippen molar-refractivity contribution < 1.29 is 14.6 Å². The van der Waals surface area contributed by atoms with Gasteiger partial charge >= 0.3 is 5.97 Å². The fourth-order valence-corrected chi connectivity index (χ4v) is 1.88. The highest BCUT2D eigenvalue weighted by Crippen LogP contribution is 2.21. The second kappa shape index (κ2) is 7.34. The molecule has 0 fully saturated rings. The number of hydrogen-bond donors (Lipinski definition) is 0. The van der Waals surface area contributed by atoms with Crippen molar-refractivity contribution in [1.82, 2.24) is 0 Å². The van der Waals surface area contributed by atoms with Crippen molar-refractivity contribution in [3.8, 4) is 5.75 Å². The van der Waals surface area contributed by atoms with Gasteiger partial charge in [-0.05, 0) is 18.1 Å². The number of hydrogen-bond acceptors (Lipinski definition) is 3. The highest BCUT2D eigenvalue weighted by Gasteiger charge is 2.08. The van der Waals surface area contributed by atoms with Gasteiger partial charge in [-0.1, -0.05) is 55.5 Å². The first-order chi connectivity index (χ1) is 9.79. The minimum atomic E-state index is -0.345. The standard InChI is InChI=1S/C17H18O3/c1-2-8-17(18)20-19-16-12-7-6-11-15(16)13-14-9-4-3-5-10-14/h3-7,9-12H,2,8,13H2,1H3. The molecule has 0 heterocycles. The van der Waals surface area contributed by atoms with Crippen molar-refractivity contribution in [2.45, 2.75) is 26.2 Å². The summed E-state index contributed by atoms with van der Waals surface area (Å²) in [7, 11) is 0. The average molecular weight is 270 g/mol. The molecule has 0 bridgehead atoms. The summed E-state index contributed by atoms with van der Waals surface area (Å²) in [4.78, 5) is 21.3. The fraction of sp³-hybridized carbons (Fsp3) is 0.235. The lowest BCUT2D eigenvalue weighted by atomic mass is 10.0. The molecule has 0 saturated heterocycles. The van der Waals surface area contributed by atoms with Gasteiger partial charge < -0.3 is 0 Å². The van der Waals surface area contributed by atoms with Crippen LogP contribution in [0.3, 0.4) is 0 Å². The summed E-state index contributed by atoms with van der Waals surface area (Å²) in [5, 5.41) is 0. The Hall–Kier alpha value is -2.29. The van der Waals surface area contributed by atoms with Crippen LogP contribution in [0.25, 0.3) is 0 Å². The number of para-hydroxylation sites is 1. The lowest BCUT2D eigenvalue weighted by molar-refractivity contribution is -0.214. The molecular weight excluding hydrogens is 252 g/mol. The van der Waals surface area contributed by atoms with Gasteiger partial charge in [-0.25, -0.2) is 4.79 Å². The van der Waals surface area contributed by atoms with Gasteiger partial charge in [0.05, 0.1) is 0 Å². The van der Waals surface area contributed by atoms with Crippen molar-refractivity contribution in [3.05, 3.63) is 65.7 Å². The van der Waals surface area contributed by atoms with E-state index in [1.165, 1.54) is 5.56 Å². The molecule has 2 rings (SSSR count). The maximum Gasteiger partial charge on any atom is 0.355 e. The van der Waals surface area contributed by atoms with E-state index >= 15 is 0 Å². The second-order valence-corrected chi connectivity index (χ2v) is 4.56. The van der Waals surface area contributed by atoms with E-state index in [-0.39, 0.29) is 5.97 Å². The van der Waals surface area contributed by atoms with Crippen LogP contribution in [0.4, 0.5) is 0 Å². The average Bonchev–Trinajstić information content (AvgIpc) is 2.48. The zero-order valence-electron chi connectivity index (χ0n) is 11.5. The summed E-state index contributed by atoms with van der Waals surface area (Å²) in [5.74, 6) is 0.239. The maximum atomic E-state index is 11.3. The Morgan fingerprint density at radius 1 is 1.00 bits per heavy atom. The first-order valence-electron chi connectivity index (χ1n) is 6.78. The Bertz CT molecular complexity index is 549. The fourth-order valence-electron chi connectivity index (χ4n) is 1.88. The van der Waals surface area contributed by atoms with Gasteiger partial charge in [0.25, 0.3) is 0 Å². The molecule has 0 spiro atoms. The number of carbonyl (C=O) groups excluding carboxylic acids is 1. The van der Waals surface area contributed by atoms with Crippen LogP contribution in [0.15, 0.2) is 54.6 Å². The third-order valence-electron chi connectivity index (χ3n) is 2.89. The molecule has 0 aromatic heterocycles. The van der Waals surface area contributed by atoms with Crippen molar-refractivity contribution in [1.29, 1.82) is 0 Å². The Morgan fingerprint density at radius 3 is 2.45 bits per heavy atom. The molecule has 0 amide bonds. The van der Waals surface area contributed by atoms with Crippen LogP contribution >= 0.6 is 0 Å². The lowest BCUT2D eigenvalue weighted by Crippen LogP contribution is -2.08. The van der Waals surface area contributed by atoms with E-state index in [9.17, 15) is 4.79 Å². The summed E-state index contributed by atoms with van der Waals surface area (Å²) in [5.41, 5.74) is 2.17. The maximum absolute atomic E-state index is 11.3. The lowest BCUT2D eigenvalue weighted by Gasteiger charge is -2.09. The molecule has 3 heteroatoms. The Kier molecular flexibility index (Phi) is 5.18. The SMILES string of the molecule is CCCC(=O)OOc1ccccc1Cc1ccccc1. The molecule has 2 aromatic carbocycles. The second-order valence-electron chi connectivity index (χ2n) is 4.56. The number of rotatable bonds is 6. The van der Waals surface area contributed by atoms with Crippen LogP contribution < -0.4 is 4.89 Å². The molecule has 0 aliphatic heterocycles.